The number of anilines is 1. The first-order chi connectivity index (χ1) is 25.8. The lowest BCUT2D eigenvalue weighted by Gasteiger charge is -2.32. The van der Waals surface area contributed by atoms with Crippen molar-refractivity contribution in [3.05, 3.63) is 113 Å². The van der Waals surface area contributed by atoms with Crippen LogP contribution in [0.3, 0.4) is 0 Å². The highest BCUT2D eigenvalue weighted by Gasteiger charge is 2.20. The molecule has 2 aromatic heterocycles. The van der Waals surface area contributed by atoms with Crippen LogP contribution in [-0.2, 0) is 0 Å². The van der Waals surface area contributed by atoms with Gasteiger partial charge in [-0.05, 0) is 74.1 Å². The molecule has 0 radical (unpaired) electrons. The number of hydrogen-bond acceptors (Lipinski definition) is 10. The number of aromatic nitrogens is 3. The van der Waals surface area contributed by atoms with Crippen molar-refractivity contribution < 1.29 is 28.1 Å². The molecule has 53 heavy (non-hydrogen) atoms. The smallest absolute Gasteiger partial charge is 0.287 e. The van der Waals surface area contributed by atoms with Crippen LogP contribution >= 0.6 is 0 Å². The van der Waals surface area contributed by atoms with Crippen molar-refractivity contribution in [2.45, 2.75) is 6.42 Å². The Hall–Kier alpha value is -6.05. The number of methoxy groups -OCH3 is 2. The molecule has 272 valence electrons. The van der Waals surface area contributed by atoms with Crippen LogP contribution in [0.25, 0.3) is 27.6 Å². The number of likely N-dealkylation sites (N-methyl/N-ethyl adjacent to an activating group) is 1. The van der Waals surface area contributed by atoms with Crippen LogP contribution in [0.15, 0.2) is 95.9 Å². The first-order valence-corrected chi connectivity index (χ1v) is 17.3. The molecule has 0 unspecified atom stereocenters. The molecule has 1 saturated heterocycles. The number of piperazine rings is 1. The van der Waals surface area contributed by atoms with Gasteiger partial charge in [-0.1, -0.05) is 12.1 Å². The second-order valence-electron chi connectivity index (χ2n) is 12.7. The van der Waals surface area contributed by atoms with Gasteiger partial charge in [-0.15, -0.1) is 0 Å². The van der Waals surface area contributed by atoms with Gasteiger partial charge in [0.1, 0.15) is 11.5 Å². The Kier molecular flexibility index (Phi) is 10.5. The molecule has 7 rings (SSSR count). The molecule has 1 fully saturated rings. The van der Waals surface area contributed by atoms with E-state index in [2.05, 4.69) is 32.1 Å². The minimum atomic E-state index is -0.791. The normalized spacial score (nSPS) is 13.6. The lowest BCUT2D eigenvalue weighted by molar-refractivity contribution is 0.102. The summed E-state index contributed by atoms with van der Waals surface area (Å²) in [7, 11) is 5.25. The van der Waals surface area contributed by atoms with Crippen LogP contribution in [0.4, 0.5) is 10.1 Å². The van der Waals surface area contributed by atoms with E-state index in [-0.39, 0.29) is 17.1 Å². The van der Waals surface area contributed by atoms with Crippen molar-refractivity contribution in [2.24, 2.45) is 0 Å². The number of benzene rings is 4. The predicted octanol–water partition coefficient (Wildman–Crippen LogP) is 6.15. The summed E-state index contributed by atoms with van der Waals surface area (Å²) in [6, 6.07) is 23.1. The van der Waals surface area contributed by atoms with Gasteiger partial charge in [0.2, 0.25) is 0 Å². The summed E-state index contributed by atoms with van der Waals surface area (Å²) in [5.74, 6) is 0.427. The van der Waals surface area contributed by atoms with Gasteiger partial charge in [-0.25, -0.2) is 9.37 Å². The monoisotopic (exact) mass is 718 g/mol. The Balaban J connectivity index is 1.07. The summed E-state index contributed by atoms with van der Waals surface area (Å²) >= 11 is 0. The number of amides is 1. The average Bonchev–Trinajstić information content (AvgIpc) is 3.18. The fourth-order valence-electron chi connectivity index (χ4n) is 6.27. The number of nitrogens with one attached hydrogen (secondary N) is 1. The molecule has 0 spiro atoms. The fraction of sp³-hybridized carbons (Fsp3) is 0.250. The third-order valence-corrected chi connectivity index (χ3v) is 9.18. The van der Waals surface area contributed by atoms with Crippen LogP contribution in [0.2, 0.25) is 0 Å². The molecule has 0 aliphatic carbocycles. The maximum absolute atomic E-state index is 15.5. The Morgan fingerprint density at radius 3 is 2.40 bits per heavy atom. The van der Waals surface area contributed by atoms with Crippen LogP contribution < -0.4 is 29.8 Å². The van der Waals surface area contributed by atoms with Crippen LogP contribution in [0.5, 0.6) is 28.7 Å². The van der Waals surface area contributed by atoms with Crippen molar-refractivity contribution in [1.82, 2.24) is 24.3 Å². The number of ether oxygens (including phenoxy) is 4. The first-order valence-electron chi connectivity index (χ1n) is 17.3. The molecular weight excluding hydrogens is 679 g/mol. The molecule has 1 amide bonds. The Labute approximate surface area is 305 Å². The van der Waals surface area contributed by atoms with Crippen molar-refractivity contribution in [3.8, 4) is 34.4 Å². The van der Waals surface area contributed by atoms with Crippen LogP contribution in [0.1, 0.15) is 16.9 Å². The minimum absolute atomic E-state index is 0.0793. The van der Waals surface area contributed by atoms with Gasteiger partial charge in [0.05, 0.1) is 37.4 Å². The van der Waals surface area contributed by atoms with Crippen molar-refractivity contribution in [1.29, 1.82) is 0 Å². The van der Waals surface area contributed by atoms with Gasteiger partial charge in [0.15, 0.2) is 28.8 Å². The largest absolute Gasteiger partial charge is 0.497 e. The van der Waals surface area contributed by atoms with E-state index < -0.39 is 17.3 Å². The van der Waals surface area contributed by atoms with Crippen molar-refractivity contribution >= 4 is 33.5 Å². The molecule has 4 aromatic carbocycles. The zero-order valence-corrected chi connectivity index (χ0v) is 29.7. The Morgan fingerprint density at radius 1 is 0.849 bits per heavy atom. The van der Waals surface area contributed by atoms with Gasteiger partial charge in [0.25, 0.3) is 11.5 Å². The number of carbonyl (C=O) groups is 1. The summed E-state index contributed by atoms with van der Waals surface area (Å²) in [5, 5.41) is 3.21. The fourth-order valence-corrected chi connectivity index (χ4v) is 6.27. The van der Waals surface area contributed by atoms with E-state index in [9.17, 15) is 9.59 Å². The maximum Gasteiger partial charge on any atom is 0.287 e. The van der Waals surface area contributed by atoms with Crippen molar-refractivity contribution in [3.63, 3.8) is 0 Å². The molecular formula is C40H39FN6O6. The molecule has 0 atom stereocenters. The molecule has 12 nitrogen and oxygen atoms in total. The van der Waals surface area contributed by atoms with E-state index in [4.69, 9.17) is 18.9 Å². The zero-order valence-electron chi connectivity index (χ0n) is 29.7. The molecule has 1 N–H and O–H groups in total. The molecule has 3 heterocycles. The minimum Gasteiger partial charge on any atom is -0.497 e. The predicted molar refractivity (Wildman–Crippen MR) is 201 cm³/mol. The van der Waals surface area contributed by atoms with Crippen LogP contribution in [-0.4, -0.2) is 90.8 Å². The summed E-state index contributed by atoms with van der Waals surface area (Å²) < 4.78 is 39.9. The lowest BCUT2D eigenvalue weighted by atomic mass is 10.1. The average molecular weight is 719 g/mol. The number of rotatable bonds is 12. The molecule has 6 aromatic rings. The second kappa shape index (κ2) is 15.7. The first kappa shape index (κ1) is 35.4. The summed E-state index contributed by atoms with van der Waals surface area (Å²) in [4.78, 5) is 40.8. The number of halogens is 1. The summed E-state index contributed by atoms with van der Waals surface area (Å²) in [6.07, 6.45) is 2.45. The van der Waals surface area contributed by atoms with Gasteiger partial charge < -0.3 is 34.1 Å². The van der Waals surface area contributed by atoms with E-state index in [1.54, 1.807) is 87.1 Å². The van der Waals surface area contributed by atoms with Gasteiger partial charge in [0, 0.05) is 67.8 Å². The van der Waals surface area contributed by atoms with E-state index in [1.807, 2.05) is 0 Å². The third-order valence-electron chi connectivity index (χ3n) is 9.18. The van der Waals surface area contributed by atoms with E-state index in [0.717, 1.165) is 45.2 Å². The van der Waals surface area contributed by atoms with Gasteiger partial charge in [-0.3, -0.25) is 19.1 Å². The van der Waals surface area contributed by atoms with Crippen LogP contribution in [0, 0.1) is 5.82 Å². The Morgan fingerprint density at radius 2 is 1.64 bits per heavy atom. The number of hydrogen-bond donors (Lipinski definition) is 1. The van der Waals surface area contributed by atoms with E-state index in [0.29, 0.717) is 57.2 Å². The van der Waals surface area contributed by atoms with Gasteiger partial charge >= 0.3 is 0 Å². The molecule has 1 aliphatic rings. The number of nitrogens with zero attached hydrogens (tertiary/aromatic N) is 5. The second-order valence-corrected chi connectivity index (χ2v) is 12.7. The highest BCUT2D eigenvalue weighted by atomic mass is 19.1. The third kappa shape index (κ3) is 7.76. The number of fused-ring (bicyclic) bond motifs is 2. The van der Waals surface area contributed by atoms with E-state index >= 15 is 4.39 Å². The summed E-state index contributed by atoms with van der Waals surface area (Å²) in [6.45, 7) is 5.72. The number of para-hydroxylation sites is 2. The molecule has 0 saturated carbocycles. The van der Waals surface area contributed by atoms with E-state index in [1.165, 1.54) is 16.7 Å². The topological polar surface area (TPSA) is 120 Å². The quantitative estimate of drug-likeness (QED) is 0.148. The zero-order chi connectivity index (χ0) is 36.9. The SMILES string of the molecule is COc1ccc(-n2c(=O)c(C(=O)Nc3ccc(Oc4ccnc5cc(OCCCN6CCN(C)CC6)c(OC)cc45)c(F)c3)nc3ccccc32)cc1. The number of pyridine rings is 1. The molecule has 13 heteroatoms. The standard InChI is InChI=1S/C40H39FN6O6/c1-45-18-20-46(21-19-45)17-6-22-52-37-25-32-29(24-36(37)51-3)34(15-16-42-32)53-35-14-9-26(23-30(35)41)43-39(48)38-40(49)47(27-10-12-28(50-2)13-11-27)33-8-5-4-7-31(33)44-38/h4-5,7-16,23-25H,6,17-22H2,1-3H3,(H,43,48). The number of carbonyl (C=O) groups excluding carboxylic acids is 1. The van der Waals surface area contributed by atoms with Crippen molar-refractivity contribution in [2.75, 3.05) is 65.9 Å². The highest BCUT2D eigenvalue weighted by molar-refractivity contribution is 6.03. The molecule has 1 aliphatic heterocycles. The molecule has 0 bridgehead atoms. The maximum atomic E-state index is 15.5. The Bertz CT molecular complexity index is 2330. The lowest BCUT2D eigenvalue weighted by Crippen LogP contribution is -2.44. The highest BCUT2D eigenvalue weighted by Crippen LogP contribution is 2.38. The van der Waals surface area contributed by atoms with Gasteiger partial charge in [-0.2, -0.15) is 0 Å². The summed E-state index contributed by atoms with van der Waals surface area (Å²) in [5.41, 5.74) is 1.20.